The quantitative estimate of drug-likeness (QED) is 0.824. The molecule has 0 atom stereocenters. The summed E-state index contributed by atoms with van der Waals surface area (Å²) in [6, 6.07) is 4.90. The summed E-state index contributed by atoms with van der Waals surface area (Å²) in [4.78, 5) is 1.66. The van der Waals surface area contributed by atoms with Gasteiger partial charge in [-0.1, -0.05) is 19.1 Å². The first kappa shape index (κ1) is 15.9. The monoisotopic (exact) mass is 288 g/mol. The van der Waals surface area contributed by atoms with Crippen molar-refractivity contribution in [2.24, 2.45) is 0 Å². The largest absolute Gasteiger partial charge is 0.371 e. The topological polar surface area (TPSA) is 49.4 Å². The Balaban J connectivity index is 2.90. The van der Waals surface area contributed by atoms with Gasteiger partial charge >= 0.3 is 0 Å². The average Bonchev–Trinajstić information content (AvgIpc) is 2.32. The summed E-state index contributed by atoms with van der Waals surface area (Å²) in [5.41, 5.74) is 1.30. The van der Waals surface area contributed by atoms with Crippen molar-refractivity contribution >= 4 is 15.5 Å². The van der Waals surface area contributed by atoms with Gasteiger partial charge in [-0.3, -0.25) is 0 Å². The molecule has 108 valence electrons. The van der Waals surface area contributed by atoms with Gasteiger partial charge in [0.25, 0.3) is 0 Å². The van der Waals surface area contributed by atoms with E-state index in [4.69, 9.17) is 0 Å². The van der Waals surface area contributed by atoms with Crippen molar-refractivity contribution in [3.63, 3.8) is 0 Å². The molecule has 0 amide bonds. The first-order valence-electron chi connectivity index (χ1n) is 6.22. The minimum Gasteiger partial charge on any atom is -0.371 e. The zero-order valence-electron chi connectivity index (χ0n) is 11.6. The predicted molar refractivity (Wildman–Crippen MR) is 76.8 cm³/mol. The van der Waals surface area contributed by atoms with Crippen molar-refractivity contribution in [1.82, 2.24) is 5.32 Å². The van der Waals surface area contributed by atoms with Crippen LogP contribution in [0, 0.1) is 5.82 Å². The Morgan fingerprint density at radius 3 is 2.63 bits per heavy atom. The zero-order chi connectivity index (χ0) is 14.5. The molecule has 0 aliphatic heterocycles. The molecule has 1 N–H and O–H groups in total. The van der Waals surface area contributed by atoms with Crippen LogP contribution in [-0.2, 0) is 16.4 Å². The highest BCUT2D eigenvalue weighted by molar-refractivity contribution is 7.90. The minimum absolute atomic E-state index is 0.0124. The van der Waals surface area contributed by atoms with Gasteiger partial charge in [0, 0.05) is 26.4 Å². The summed E-state index contributed by atoms with van der Waals surface area (Å²) in [7, 11) is -1.34. The van der Waals surface area contributed by atoms with E-state index in [0.29, 0.717) is 12.2 Å². The van der Waals surface area contributed by atoms with Crippen LogP contribution in [0.25, 0.3) is 0 Å². The Morgan fingerprint density at radius 1 is 1.37 bits per heavy atom. The molecule has 0 heterocycles. The molecule has 0 aliphatic carbocycles. The van der Waals surface area contributed by atoms with Crippen LogP contribution in [0.4, 0.5) is 10.1 Å². The van der Waals surface area contributed by atoms with E-state index in [-0.39, 0.29) is 18.1 Å². The second kappa shape index (κ2) is 6.86. The Kier molecular flexibility index (Phi) is 5.75. The van der Waals surface area contributed by atoms with E-state index in [9.17, 15) is 12.8 Å². The zero-order valence-corrected chi connectivity index (χ0v) is 12.4. The van der Waals surface area contributed by atoms with E-state index < -0.39 is 9.84 Å². The predicted octanol–water partition coefficient (Wildman–Crippen LogP) is 1.42. The fourth-order valence-electron chi connectivity index (χ4n) is 1.80. The maximum Gasteiger partial charge on any atom is 0.149 e. The first-order chi connectivity index (χ1) is 8.85. The SMILES string of the molecule is CCNCc1cccc(F)c1N(C)CCS(C)(=O)=O. The minimum atomic E-state index is -3.05. The second-order valence-electron chi connectivity index (χ2n) is 4.58. The molecule has 0 unspecified atom stereocenters. The third kappa shape index (κ3) is 5.16. The molecular weight excluding hydrogens is 267 g/mol. The van der Waals surface area contributed by atoms with Gasteiger partial charge in [-0.25, -0.2) is 12.8 Å². The van der Waals surface area contributed by atoms with Crippen molar-refractivity contribution in [2.75, 3.05) is 37.0 Å². The van der Waals surface area contributed by atoms with Gasteiger partial charge in [0.2, 0.25) is 0 Å². The number of benzene rings is 1. The van der Waals surface area contributed by atoms with Gasteiger partial charge in [-0.2, -0.15) is 0 Å². The Bertz CT molecular complexity index is 517. The lowest BCUT2D eigenvalue weighted by molar-refractivity contribution is 0.598. The van der Waals surface area contributed by atoms with E-state index >= 15 is 0 Å². The van der Waals surface area contributed by atoms with Crippen LogP contribution in [0.1, 0.15) is 12.5 Å². The second-order valence-corrected chi connectivity index (χ2v) is 6.84. The number of nitrogens with zero attached hydrogens (tertiary/aromatic N) is 1. The molecule has 0 saturated heterocycles. The van der Waals surface area contributed by atoms with Crippen molar-refractivity contribution < 1.29 is 12.8 Å². The van der Waals surface area contributed by atoms with Gasteiger partial charge < -0.3 is 10.2 Å². The van der Waals surface area contributed by atoms with Crippen LogP contribution in [0.5, 0.6) is 0 Å². The fourth-order valence-corrected chi connectivity index (χ4v) is 2.41. The highest BCUT2D eigenvalue weighted by Crippen LogP contribution is 2.23. The van der Waals surface area contributed by atoms with Crippen molar-refractivity contribution in [1.29, 1.82) is 0 Å². The number of halogens is 1. The molecule has 0 radical (unpaired) electrons. The molecule has 4 nitrogen and oxygen atoms in total. The normalized spacial score (nSPS) is 11.6. The van der Waals surface area contributed by atoms with Crippen LogP contribution in [0.2, 0.25) is 0 Å². The van der Waals surface area contributed by atoms with Crippen molar-refractivity contribution in [2.45, 2.75) is 13.5 Å². The van der Waals surface area contributed by atoms with Gasteiger partial charge in [-0.15, -0.1) is 0 Å². The van der Waals surface area contributed by atoms with E-state index in [1.54, 1.807) is 18.0 Å². The summed E-state index contributed by atoms with van der Waals surface area (Å²) in [6.45, 7) is 3.61. The number of hydrogen-bond acceptors (Lipinski definition) is 4. The molecule has 0 spiro atoms. The molecule has 0 saturated carbocycles. The van der Waals surface area contributed by atoms with Crippen LogP contribution >= 0.6 is 0 Å². The number of hydrogen-bond donors (Lipinski definition) is 1. The summed E-state index contributed by atoms with van der Waals surface area (Å²) in [5.74, 6) is -0.315. The lowest BCUT2D eigenvalue weighted by Gasteiger charge is -2.23. The Morgan fingerprint density at radius 2 is 2.05 bits per heavy atom. The molecular formula is C13H21FN2O2S. The van der Waals surface area contributed by atoms with Crippen LogP contribution in [0.15, 0.2) is 18.2 Å². The van der Waals surface area contributed by atoms with Crippen molar-refractivity contribution in [3.8, 4) is 0 Å². The molecule has 6 heteroatoms. The van der Waals surface area contributed by atoms with E-state index in [2.05, 4.69) is 5.32 Å². The van der Waals surface area contributed by atoms with Gasteiger partial charge in [0.05, 0.1) is 11.4 Å². The van der Waals surface area contributed by atoms with Crippen LogP contribution in [0.3, 0.4) is 0 Å². The molecule has 0 fully saturated rings. The third-order valence-corrected chi connectivity index (χ3v) is 3.74. The fraction of sp³-hybridized carbons (Fsp3) is 0.538. The maximum atomic E-state index is 13.9. The molecule has 1 aromatic carbocycles. The van der Waals surface area contributed by atoms with E-state index in [1.165, 1.54) is 12.3 Å². The number of nitrogens with one attached hydrogen (secondary N) is 1. The lowest BCUT2D eigenvalue weighted by atomic mass is 10.1. The van der Waals surface area contributed by atoms with Crippen LogP contribution < -0.4 is 10.2 Å². The Hall–Kier alpha value is -1.14. The maximum absolute atomic E-state index is 13.9. The number of rotatable bonds is 7. The third-order valence-electron chi connectivity index (χ3n) is 2.82. The molecule has 19 heavy (non-hydrogen) atoms. The summed E-state index contributed by atoms with van der Waals surface area (Å²) in [5, 5.41) is 3.15. The van der Waals surface area contributed by atoms with Gasteiger partial charge in [-0.05, 0) is 18.2 Å². The van der Waals surface area contributed by atoms with E-state index in [1.807, 2.05) is 13.0 Å². The smallest absolute Gasteiger partial charge is 0.149 e. The van der Waals surface area contributed by atoms with Gasteiger partial charge in [0.15, 0.2) is 0 Å². The Labute approximate surface area is 114 Å². The highest BCUT2D eigenvalue weighted by atomic mass is 32.2. The van der Waals surface area contributed by atoms with Gasteiger partial charge in [0.1, 0.15) is 15.7 Å². The number of sulfone groups is 1. The highest BCUT2D eigenvalue weighted by Gasteiger charge is 2.14. The first-order valence-corrected chi connectivity index (χ1v) is 8.28. The molecule has 0 aromatic heterocycles. The number of para-hydroxylation sites is 1. The molecule has 0 aliphatic rings. The average molecular weight is 288 g/mol. The lowest BCUT2D eigenvalue weighted by Crippen LogP contribution is -2.27. The molecule has 0 bridgehead atoms. The summed E-state index contributed by atoms with van der Waals surface area (Å²) in [6.07, 6.45) is 1.18. The van der Waals surface area contributed by atoms with Crippen molar-refractivity contribution in [3.05, 3.63) is 29.6 Å². The number of anilines is 1. The van der Waals surface area contributed by atoms with Crippen LogP contribution in [-0.4, -0.2) is 40.6 Å². The summed E-state index contributed by atoms with van der Waals surface area (Å²) < 4.78 is 36.3. The molecule has 1 rings (SSSR count). The standard InChI is InChI=1S/C13H21FN2O2S/c1-4-15-10-11-6-5-7-12(14)13(11)16(2)8-9-19(3,17)18/h5-7,15H,4,8-10H2,1-3H3. The van der Waals surface area contributed by atoms with E-state index in [0.717, 1.165) is 12.1 Å². The summed E-state index contributed by atoms with van der Waals surface area (Å²) >= 11 is 0. The molecule has 1 aromatic rings.